The number of primary sulfonamides is 1. The number of nitrogens with one attached hydrogen (secondary N) is 2. The molecule has 2 rings (SSSR count). The third-order valence-corrected chi connectivity index (χ3v) is 4.31. The maximum Gasteiger partial charge on any atom is 0.269 e. The highest BCUT2D eigenvalue weighted by atomic mass is 35.5. The van der Waals surface area contributed by atoms with Crippen LogP contribution in [-0.4, -0.2) is 14.3 Å². The molecule has 6 nitrogen and oxygen atoms in total. The lowest BCUT2D eigenvalue weighted by atomic mass is 10.2. The van der Waals surface area contributed by atoms with Crippen LogP contribution in [0.5, 0.6) is 0 Å². The third kappa shape index (κ3) is 4.00. The Balaban J connectivity index is 2.28. The maximum absolute atomic E-state index is 13.5. The summed E-state index contributed by atoms with van der Waals surface area (Å²) in [5.74, 6) is -7.97. The van der Waals surface area contributed by atoms with Crippen molar-refractivity contribution < 1.29 is 30.8 Å². The van der Waals surface area contributed by atoms with E-state index < -0.39 is 49.8 Å². The largest absolute Gasteiger partial charge is 0.293 e. The monoisotopic (exact) mass is 397 g/mol. The molecule has 0 fully saturated rings. The van der Waals surface area contributed by atoms with Crippen LogP contribution < -0.4 is 16.0 Å². The fraction of sp³-hybridized carbons (Fsp3) is 0. The number of hydrogen-bond donors (Lipinski definition) is 3. The molecule has 0 radical (unpaired) electrons. The zero-order valence-electron chi connectivity index (χ0n) is 11.9. The quantitative estimate of drug-likeness (QED) is 0.418. The molecule has 2 aromatic carbocycles. The molecule has 0 aliphatic heterocycles. The Morgan fingerprint density at radius 1 is 1.04 bits per heavy atom. The minimum absolute atomic E-state index is 0.00471. The van der Waals surface area contributed by atoms with Crippen LogP contribution in [0.4, 0.5) is 23.2 Å². The summed E-state index contributed by atoms with van der Waals surface area (Å²) in [5.41, 5.74) is 1.88. The molecule has 12 heteroatoms. The van der Waals surface area contributed by atoms with Crippen LogP contribution in [-0.2, 0) is 10.0 Å². The summed E-state index contributed by atoms with van der Waals surface area (Å²) in [6.45, 7) is 0. The molecule has 0 aliphatic carbocycles. The number of rotatable bonds is 4. The summed E-state index contributed by atoms with van der Waals surface area (Å²) in [6, 6.07) is 2.95. The molecule has 1 amide bonds. The summed E-state index contributed by atoms with van der Waals surface area (Å²) in [4.78, 5) is 11.4. The van der Waals surface area contributed by atoms with Crippen molar-refractivity contribution in [1.29, 1.82) is 0 Å². The van der Waals surface area contributed by atoms with E-state index in [-0.39, 0.29) is 16.7 Å². The topological polar surface area (TPSA) is 101 Å². The van der Waals surface area contributed by atoms with Gasteiger partial charge in [-0.2, -0.15) is 0 Å². The molecule has 0 heterocycles. The van der Waals surface area contributed by atoms with Crippen LogP contribution in [0.2, 0.25) is 5.02 Å². The summed E-state index contributed by atoms with van der Waals surface area (Å²) in [7, 11) is -4.23. The van der Waals surface area contributed by atoms with Gasteiger partial charge in [0.25, 0.3) is 5.91 Å². The first-order valence-electron chi connectivity index (χ1n) is 6.24. The molecule has 0 saturated heterocycles. The highest BCUT2D eigenvalue weighted by Gasteiger charge is 2.20. The number of halogens is 5. The normalized spacial score (nSPS) is 11.3. The number of hydrogen-bond acceptors (Lipinski definition) is 4. The molecule has 0 bridgehead atoms. The number of anilines is 1. The number of amides is 1. The van der Waals surface area contributed by atoms with Gasteiger partial charge in [0.2, 0.25) is 10.0 Å². The van der Waals surface area contributed by atoms with Crippen molar-refractivity contribution in [2.24, 2.45) is 5.14 Å². The van der Waals surface area contributed by atoms with Crippen molar-refractivity contribution >= 4 is 33.2 Å². The van der Waals surface area contributed by atoms with Crippen LogP contribution in [0.3, 0.4) is 0 Å². The first-order valence-corrected chi connectivity index (χ1v) is 8.16. The average Bonchev–Trinajstić information content (AvgIpc) is 2.52. The van der Waals surface area contributed by atoms with Gasteiger partial charge >= 0.3 is 0 Å². The minimum atomic E-state index is -4.23. The average molecular weight is 398 g/mol. The Labute approximate surface area is 143 Å². The fourth-order valence-corrected chi connectivity index (χ4v) is 2.81. The summed E-state index contributed by atoms with van der Waals surface area (Å²) < 4.78 is 75.7. The van der Waals surface area contributed by atoms with Crippen molar-refractivity contribution in [3.05, 3.63) is 58.1 Å². The van der Waals surface area contributed by atoms with Gasteiger partial charge in [0.15, 0.2) is 23.3 Å². The Morgan fingerprint density at radius 2 is 1.60 bits per heavy atom. The lowest BCUT2D eigenvalue weighted by Crippen LogP contribution is -2.31. The van der Waals surface area contributed by atoms with Crippen molar-refractivity contribution in [3.63, 3.8) is 0 Å². The molecule has 25 heavy (non-hydrogen) atoms. The van der Waals surface area contributed by atoms with E-state index in [9.17, 15) is 30.8 Å². The van der Waals surface area contributed by atoms with Crippen molar-refractivity contribution in [3.8, 4) is 0 Å². The number of hydrazine groups is 1. The van der Waals surface area contributed by atoms with E-state index in [0.29, 0.717) is 0 Å². The number of benzene rings is 2. The zero-order valence-corrected chi connectivity index (χ0v) is 13.5. The third-order valence-electron chi connectivity index (χ3n) is 2.91. The summed E-state index contributed by atoms with van der Waals surface area (Å²) >= 11 is 5.65. The molecule has 2 aromatic rings. The Bertz CT molecular complexity index is 943. The van der Waals surface area contributed by atoms with Crippen LogP contribution in [0.15, 0.2) is 29.2 Å². The van der Waals surface area contributed by atoms with Gasteiger partial charge in [0.1, 0.15) is 10.6 Å². The summed E-state index contributed by atoms with van der Waals surface area (Å²) in [6.07, 6.45) is 0. The highest BCUT2D eigenvalue weighted by molar-refractivity contribution is 7.89. The van der Waals surface area contributed by atoms with Gasteiger partial charge in [0, 0.05) is 11.6 Å². The van der Waals surface area contributed by atoms with Crippen LogP contribution in [0, 0.1) is 23.3 Å². The number of carbonyl (C=O) groups excluding carboxylic acids is 1. The molecule has 0 aliphatic rings. The SMILES string of the molecule is NS(=O)(=O)c1cc(C(=O)NNc2c(F)c(F)cc(F)c2F)ccc1Cl. The minimum Gasteiger partial charge on any atom is -0.293 e. The Morgan fingerprint density at radius 3 is 2.12 bits per heavy atom. The van der Waals surface area contributed by atoms with E-state index >= 15 is 0 Å². The number of nitrogens with two attached hydrogens (primary N) is 1. The van der Waals surface area contributed by atoms with Gasteiger partial charge in [-0.25, -0.2) is 31.1 Å². The lowest BCUT2D eigenvalue weighted by Gasteiger charge is -2.12. The first kappa shape index (κ1) is 19.0. The second-order valence-corrected chi connectivity index (χ2v) is 6.55. The van der Waals surface area contributed by atoms with Gasteiger partial charge in [0.05, 0.1) is 5.02 Å². The van der Waals surface area contributed by atoms with E-state index in [1.54, 1.807) is 10.9 Å². The molecule has 0 spiro atoms. The molecular formula is C13H8ClF4N3O3S. The van der Waals surface area contributed by atoms with Crippen LogP contribution >= 0.6 is 11.6 Å². The van der Waals surface area contributed by atoms with Crippen molar-refractivity contribution in [1.82, 2.24) is 5.43 Å². The van der Waals surface area contributed by atoms with E-state index in [4.69, 9.17) is 16.7 Å². The molecule has 0 saturated carbocycles. The maximum atomic E-state index is 13.5. The number of carbonyl (C=O) groups is 1. The van der Waals surface area contributed by atoms with Crippen molar-refractivity contribution in [2.75, 3.05) is 5.43 Å². The Kier molecular flexibility index (Phi) is 5.20. The molecular weight excluding hydrogens is 390 g/mol. The predicted molar refractivity (Wildman–Crippen MR) is 80.2 cm³/mol. The van der Waals surface area contributed by atoms with E-state index in [2.05, 4.69) is 0 Å². The van der Waals surface area contributed by atoms with Crippen LogP contribution in [0.1, 0.15) is 10.4 Å². The zero-order chi connectivity index (χ0) is 18.9. The van der Waals surface area contributed by atoms with E-state index in [1.807, 2.05) is 0 Å². The molecule has 0 atom stereocenters. The first-order chi connectivity index (χ1) is 11.5. The smallest absolute Gasteiger partial charge is 0.269 e. The van der Waals surface area contributed by atoms with Gasteiger partial charge in [-0.1, -0.05) is 11.6 Å². The summed E-state index contributed by atoms with van der Waals surface area (Å²) in [5, 5.41) is 4.67. The van der Waals surface area contributed by atoms with E-state index in [1.165, 1.54) is 0 Å². The molecule has 0 aromatic heterocycles. The lowest BCUT2D eigenvalue weighted by molar-refractivity contribution is 0.0962. The van der Waals surface area contributed by atoms with E-state index in [0.717, 1.165) is 18.2 Å². The molecule has 134 valence electrons. The second kappa shape index (κ2) is 6.86. The second-order valence-electron chi connectivity index (χ2n) is 4.61. The Hall–Kier alpha value is -2.37. The van der Waals surface area contributed by atoms with Gasteiger partial charge in [-0.15, -0.1) is 0 Å². The van der Waals surface area contributed by atoms with Gasteiger partial charge < -0.3 is 0 Å². The number of sulfonamides is 1. The van der Waals surface area contributed by atoms with Crippen LogP contribution in [0.25, 0.3) is 0 Å². The molecule has 0 unspecified atom stereocenters. The standard InChI is InChI=1S/C13H8ClF4N3O3S/c14-6-2-1-5(3-9(6)25(19,23)24)13(22)21-20-12-10(17)7(15)4-8(16)11(12)18/h1-4,20H,(H,21,22)(H2,19,23,24). The fourth-order valence-electron chi connectivity index (χ4n) is 1.74. The van der Waals surface area contributed by atoms with Gasteiger partial charge in [-0.05, 0) is 18.2 Å². The van der Waals surface area contributed by atoms with Crippen molar-refractivity contribution in [2.45, 2.75) is 4.90 Å². The highest BCUT2D eigenvalue weighted by Crippen LogP contribution is 2.24. The predicted octanol–water partition coefficient (Wildman–Crippen LogP) is 2.30. The van der Waals surface area contributed by atoms with Gasteiger partial charge in [-0.3, -0.25) is 15.6 Å². The molecule has 4 N–H and O–H groups in total.